The number of ether oxygens (including phenoxy) is 1. The zero-order valence-corrected chi connectivity index (χ0v) is 15.9. The van der Waals surface area contributed by atoms with Gasteiger partial charge >= 0.3 is 0 Å². The van der Waals surface area contributed by atoms with Gasteiger partial charge in [0.15, 0.2) is 11.5 Å². The molecule has 0 saturated carbocycles. The average Bonchev–Trinajstić information content (AvgIpc) is 3.25. The van der Waals surface area contributed by atoms with E-state index in [9.17, 15) is 4.79 Å². The minimum Gasteiger partial charge on any atom is -0.485 e. The van der Waals surface area contributed by atoms with Crippen molar-refractivity contribution in [1.29, 1.82) is 0 Å². The molecule has 0 radical (unpaired) electrons. The topological polar surface area (TPSA) is 90.1 Å². The number of hydrogen-bond acceptors (Lipinski definition) is 6. The molecule has 0 aliphatic heterocycles. The van der Waals surface area contributed by atoms with Crippen LogP contribution in [0.4, 0.5) is 0 Å². The molecule has 0 saturated heterocycles. The third-order valence-electron chi connectivity index (χ3n) is 4.62. The molecule has 1 atom stereocenters. The molecular formula is C22H20N4O3. The normalized spacial score (nSPS) is 11.9. The number of hydrogen-bond donors (Lipinski definition) is 1. The molecule has 3 heterocycles. The lowest BCUT2D eigenvalue weighted by Gasteiger charge is -2.16. The van der Waals surface area contributed by atoms with Crippen LogP contribution in [-0.4, -0.2) is 21.0 Å². The van der Waals surface area contributed by atoms with Gasteiger partial charge < -0.3 is 14.6 Å². The lowest BCUT2D eigenvalue weighted by Crippen LogP contribution is -2.28. The molecule has 0 unspecified atom stereocenters. The zero-order valence-electron chi connectivity index (χ0n) is 15.9. The largest absolute Gasteiger partial charge is 0.485 e. The van der Waals surface area contributed by atoms with Gasteiger partial charge in [-0.25, -0.2) is 0 Å². The molecule has 0 aliphatic carbocycles. The summed E-state index contributed by atoms with van der Waals surface area (Å²) in [7, 11) is 0. The van der Waals surface area contributed by atoms with Crippen molar-refractivity contribution in [2.24, 2.45) is 0 Å². The quantitative estimate of drug-likeness (QED) is 0.513. The van der Waals surface area contributed by atoms with Gasteiger partial charge in [-0.15, -0.1) is 0 Å². The first-order chi connectivity index (χ1) is 14.2. The highest BCUT2D eigenvalue weighted by molar-refractivity contribution is 5.92. The Labute approximate surface area is 167 Å². The molecule has 0 fully saturated rings. The SMILES string of the molecule is CC[C@H](NC(=O)c1cc(COc2cccc3cnccc23)on1)c1ccncc1. The summed E-state index contributed by atoms with van der Waals surface area (Å²) < 4.78 is 11.2. The molecule has 1 amide bonds. The van der Waals surface area contributed by atoms with Gasteiger partial charge in [0.25, 0.3) is 5.91 Å². The Kier molecular flexibility index (Phi) is 5.47. The number of carbonyl (C=O) groups is 1. The van der Waals surface area contributed by atoms with Gasteiger partial charge in [-0.1, -0.05) is 24.2 Å². The lowest BCUT2D eigenvalue weighted by molar-refractivity contribution is 0.0926. The van der Waals surface area contributed by atoms with Crippen molar-refractivity contribution in [3.63, 3.8) is 0 Å². The van der Waals surface area contributed by atoms with E-state index in [1.165, 1.54) is 0 Å². The molecule has 4 aromatic rings. The fourth-order valence-electron chi connectivity index (χ4n) is 3.10. The smallest absolute Gasteiger partial charge is 0.273 e. The first-order valence-electron chi connectivity index (χ1n) is 9.36. The van der Waals surface area contributed by atoms with Crippen LogP contribution in [0.1, 0.15) is 41.2 Å². The summed E-state index contributed by atoms with van der Waals surface area (Å²) in [6, 6.07) is 12.9. The summed E-state index contributed by atoms with van der Waals surface area (Å²) in [5.41, 5.74) is 1.21. The van der Waals surface area contributed by atoms with Crippen molar-refractivity contribution < 1.29 is 14.1 Å². The van der Waals surface area contributed by atoms with Crippen LogP contribution < -0.4 is 10.1 Å². The first-order valence-corrected chi connectivity index (χ1v) is 9.36. The minimum atomic E-state index is -0.292. The van der Waals surface area contributed by atoms with Crippen LogP contribution in [0.3, 0.4) is 0 Å². The van der Waals surface area contributed by atoms with Gasteiger partial charge in [-0.2, -0.15) is 0 Å². The maximum Gasteiger partial charge on any atom is 0.273 e. The summed E-state index contributed by atoms with van der Waals surface area (Å²) >= 11 is 0. The molecule has 1 N–H and O–H groups in total. The Morgan fingerprint density at radius 3 is 2.79 bits per heavy atom. The van der Waals surface area contributed by atoms with Crippen LogP contribution in [0.25, 0.3) is 10.8 Å². The lowest BCUT2D eigenvalue weighted by atomic mass is 10.1. The highest BCUT2D eigenvalue weighted by Gasteiger charge is 2.18. The average molecular weight is 388 g/mol. The maximum absolute atomic E-state index is 12.6. The number of aromatic nitrogens is 3. The molecule has 7 heteroatoms. The van der Waals surface area contributed by atoms with Crippen molar-refractivity contribution in [1.82, 2.24) is 20.4 Å². The highest BCUT2D eigenvalue weighted by atomic mass is 16.5. The van der Waals surface area contributed by atoms with Gasteiger partial charge in [0.2, 0.25) is 0 Å². The van der Waals surface area contributed by atoms with Crippen molar-refractivity contribution >= 4 is 16.7 Å². The third kappa shape index (κ3) is 4.24. The van der Waals surface area contributed by atoms with Crippen LogP contribution >= 0.6 is 0 Å². The standard InChI is InChI=1S/C22H20N4O3/c1-2-19(15-6-9-23-10-7-15)25-22(27)20-12-17(29-26-20)14-28-21-5-3-4-16-13-24-11-8-18(16)21/h3-13,19H,2,14H2,1H3,(H,25,27)/t19-/m0/s1. The minimum absolute atomic E-state index is 0.119. The number of nitrogens with one attached hydrogen (secondary N) is 1. The number of pyridine rings is 2. The molecule has 1 aromatic carbocycles. The van der Waals surface area contributed by atoms with Crippen LogP contribution in [0.2, 0.25) is 0 Å². The number of benzene rings is 1. The van der Waals surface area contributed by atoms with Gasteiger partial charge in [0.1, 0.15) is 12.4 Å². The van der Waals surface area contributed by atoms with Crippen molar-refractivity contribution in [2.45, 2.75) is 26.0 Å². The summed E-state index contributed by atoms with van der Waals surface area (Å²) in [4.78, 5) is 20.7. The van der Waals surface area contributed by atoms with Crippen molar-refractivity contribution in [3.8, 4) is 5.75 Å². The Morgan fingerprint density at radius 2 is 1.97 bits per heavy atom. The molecule has 3 aromatic heterocycles. The fourth-order valence-corrected chi connectivity index (χ4v) is 3.10. The second-order valence-electron chi connectivity index (χ2n) is 6.53. The fraction of sp³-hybridized carbons (Fsp3) is 0.182. The van der Waals surface area contributed by atoms with Crippen molar-refractivity contribution in [3.05, 3.63) is 84.3 Å². The zero-order chi connectivity index (χ0) is 20.1. The highest BCUT2D eigenvalue weighted by Crippen LogP contribution is 2.25. The molecule has 4 rings (SSSR count). The van der Waals surface area contributed by atoms with Crippen LogP contribution in [0.15, 0.2) is 71.8 Å². The number of fused-ring (bicyclic) bond motifs is 1. The van der Waals surface area contributed by atoms with E-state index in [1.807, 2.05) is 43.3 Å². The van der Waals surface area contributed by atoms with Crippen LogP contribution in [0, 0.1) is 0 Å². The van der Waals surface area contributed by atoms with Gasteiger partial charge in [0, 0.05) is 41.6 Å². The Morgan fingerprint density at radius 1 is 1.14 bits per heavy atom. The van der Waals surface area contributed by atoms with Crippen LogP contribution in [-0.2, 0) is 6.61 Å². The second-order valence-corrected chi connectivity index (χ2v) is 6.53. The Hall–Kier alpha value is -3.74. The first kappa shape index (κ1) is 18.6. The van der Waals surface area contributed by atoms with E-state index in [0.29, 0.717) is 5.76 Å². The summed E-state index contributed by atoms with van der Waals surface area (Å²) in [5.74, 6) is 0.897. The Balaban J connectivity index is 1.42. The summed E-state index contributed by atoms with van der Waals surface area (Å²) in [6.45, 7) is 2.18. The monoisotopic (exact) mass is 388 g/mol. The summed E-state index contributed by atoms with van der Waals surface area (Å²) in [6.07, 6.45) is 7.67. The van der Waals surface area contributed by atoms with Gasteiger partial charge in [-0.05, 0) is 36.2 Å². The van der Waals surface area contributed by atoms with E-state index >= 15 is 0 Å². The molecule has 0 aliphatic rings. The number of nitrogens with zero attached hydrogens (tertiary/aromatic N) is 3. The van der Waals surface area contributed by atoms with E-state index in [0.717, 1.165) is 28.5 Å². The van der Waals surface area contributed by atoms with Crippen molar-refractivity contribution in [2.75, 3.05) is 0 Å². The molecule has 29 heavy (non-hydrogen) atoms. The van der Waals surface area contributed by atoms with Gasteiger partial charge in [0.05, 0.1) is 6.04 Å². The molecule has 146 valence electrons. The molecule has 0 spiro atoms. The Bertz CT molecular complexity index is 1110. The van der Waals surface area contributed by atoms with E-state index in [1.54, 1.807) is 30.9 Å². The predicted molar refractivity (Wildman–Crippen MR) is 107 cm³/mol. The van der Waals surface area contributed by atoms with E-state index in [-0.39, 0.29) is 24.2 Å². The molecule has 7 nitrogen and oxygen atoms in total. The molecule has 0 bridgehead atoms. The maximum atomic E-state index is 12.6. The summed E-state index contributed by atoms with van der Waals surface area (Å²) in [5, 5.41) is 8.81. The predicted octanol–water partition coefficient (Wildman–Crippen LogP) is 4.08. The third-order valence-corrected chi connectivity index (χ3v) is 4.62. The van der Waals surface area contributed by atoms with E-state index < -0.39 is 0 Å². The van der Waals surface area contributed by atoms with Gasteiger partial charge in [-0.3, -0.25) is 14.8 Å². The number of amides is 1. The molecular weight excluding hydrogens is 368 g/mol. The number of carbonyl (C=O) groups excluding carboxylic acids is 1. The number of rotatable bonds is 7. The second kappa shape index (κ2) is 8.52. The van der Waals surface area contributed by atoms with Crippen LogP contribution in [0.5, 0.6) is 5.75 Å². The van der Waals surface area contributed by atoms with E-state index in [2.05, 4.69) is 20.4 Å². The van der Waals surface area contributed by atoms with E-state index in [4.69, 9.17) is 9.26 Å².